The molecule has 0 radical (unpaired) electrons. The van der Waals surface area contributed by atoms with E-state index in [4.69, 9.17) is 10.00 Å². The van der Waals surface area contributed by atoms with Crippen molar-refractivity contribution in [2.45, 2.75) is 13.8 Å². The molecule has 0 atom stereocenters. The molecule has 7 heteroatoms. The van der Waals surface area contributed by atoms with Crippen molar-refractivity contribution in [1.82, 2.24) is 5.43 Å². The number of hydrogen-bond donors (Lipinski definition) is 2. The fourth-order valence-electron chi connectivity index (χ4n) is 2.10. The van der Waals surface area contributed by atoms with Crippen molar-refractivity contribution in [2.24, 2.45) is 5.10 Å². The molecular formula is C19H18N4O3. The zero-order valence-corrected chi connectivity index (χ0v) is 14.4. The SMILES string of the molecule is CC(=O)Nc1cccc(/C(C)=N/NC(=O)COc2ccccc2C#N)c1. The lowest BCUT2D eigenvalue weighted by Crippen LogP contribution is -2.25. The summed E-state index contributed by atoms with van der Waals surface area (Å²) in [5, 5.41) is 15.7. The smallest absolute Gasteiger partial charge is 0.277 e. The first-order chi connectivity index (χ1) is 12.5. The Kier molecular flexibility index (Phi) is 6.46. The summed E-state index contributed by atoms with van der Waals surface area (Å²) >= 11 is 0. The highest BCUT2D eigenvalue weighted by Crippen LogP contribution is 2.16. The van der Waals surface area contributed by atoms with E-state index in [1.165, 1.54) is 6.92 Å². The Labute approximate surface area is 151 Å². The molecule has 0 spiro atoms. The lowest BCUT2D eigenvalue weighted by atomic mass is 10.1. The van der Waals surface area contributed by atoms with Crippen molar-refractivity contribution in [1.29, 1.82) is 5.26 Å². The highest BCUT2D eigenvalue weighted by Gasteiger charge is 2.06. The average Bonchev–Trinajstić information content (AvgIpc) is 2.64. The molecule has 2 N–H and O–H groups in total. The maximum atomic E-state index is 11.9. The Morgan fingerprint density at radius 2 is 1.92 bits per heavy atom. The predicted octanol–water partition coefficient (Wildman–Crippen LogP) is 2.44. The van der Waals surface area contributed by atoms with E-state index in [0.29, 0.717) is 22.7 Å². The number of nitrogens with zero attached hydrogens (tertiary/aromatic N) is 2. The summed E-state index contributed by atoms with van der Waals surface area (Å²) in [6.45, 7) is 2.90. The highest BCUT2D eigenvalue weighted by molar-refractivity contribution is 6.00. The van der Waals surface area contributed by atoms with E-state index in [2.05, 4.69) is 15.8 Å². The third-order valence-corrected chi connectivity index (χ3v) is 3.32. The molecular weight excluding hydrogens is 332 g/mol. The van der Waals surface area contributed by atoms with Crippen LogP contribution in [0.1, 0.15) is 25.0 Å². The van der Waals surface area contributed by atoms with Crippen LogP contribution in [-0.2, 0) is 9.59 Å². The monoisotopic (exact) mass is 350 g/mol. The molecule has 0 aliphatic carbocycles. The van der Waals surface area contributed by atoms with E-state index < -0.39 is 5.91 Å². The molecule has 26 heavy (non-hydrogen) atoms. The number of benzene rings is 2. The van der Waals surface area contributed by atoms with Crippen LogP contribution < -0.4 is 15.5 Å². The number of rotatable bonds is 6. The second-order valence-electron chi connectivity index (χ2n) is 5.39. The van der Waals surface area contributed by atoms with Gasteiger partial charge in [0.1, 0.15) is 11.8 Å². The van der Waals surface area contributed by atoms with Crippen LogP contribution in [0.25, 0.3) is 0 Å². The number of ether oxygens (including phenoxy) is 1. The van der Waals surface area contributed by atoms with Crippen LogP contribution in [0.15, 0.2) is 53.6 Å². The molecule has 132 valence electrons. The molecule has 2 aromatic carbocycles. The van der Waals surface area contributed by atoms with Gasteiger partial charge in [-0.25, -0.2) is 5.43 Å². The van der Waals surface area contributed by atoms with Gasteiger partial charge in [0.2, 0.25) is 5.91 Å². The summed E-state index contributed by atoms with van der Waals surface area (Å²) in [6.07, 6.45) is 0. The molecule has 2 rings (SSSR count). The van der Waals surface area contributed by atoms with E-state index in [-0.39, 0.29) is 12.5 Å². The third-order valence-electron chi connectivity index (χ3n) is 3.32. The van der Waals surface area contributed by atoms with Crippen LogP contribution in [0.5, 0.6) is 5.75 Å². The van der Waals surface area contributed by atoms with E-state index in [0.717, 1.165) is 5.56 Å². The fourth-order valence-corrected chi connectivity index (χ4v) is 2.10. The summed E-state index contributed by atoms with van der Waals surface area (Å²) < 4.78 is 5.34. The Bertz CT molecular complexity index is 884. The Hall–Kier alpha value is -3.66. The molecule has 7 nitrogen and oxygen atoms in total. The van der Waals surface area contributed by atoms with Gasteiger partial charge >= 0.3 is 0 Å². The van der Waals surface area contributed by atoms with Gasteiger partial charge in [-0.05, 0) is 36.8 Å². The number of amides is 2. The largest absolute Gasteiger partial charge is 0.482 e. The number of hydrazone groups is 1. The Morgan fingerprint density at radius 1 is 1.15 bits per heavy atom. The van der Waals surface area contributed by atoms with Crippen LogP contribution in [0.4, 0.5) is 5.69 Å². The number of para-hydroxylation sites is 1. The zero-order valence-electron chi connectivity index (χ0n) is 14.4. The van der Waals surface area contributed by atoms with Crippen LogP contribution >= 0.6 is 0 Å². The third kappa shape index (κ3) is 5.46. The van der Waals surface area contributed by atoms with Crippen molar-refractivity contribution >= 4 is 23.2 Å². The van der Waals surface area contributed by atoms with Crippen LogP contribution in [0.2, 0.25) is 0 Å². The number of anilines is 1. The summed E-state index contributed by atoms with van der Waals surface area (Å²) in [4.78, 5) is 23.0. The van der Waals surface area contributed by atoms with Gasteiger partial charge in [0.15, 0.2) is 6.61 Å². The summed E-state index contributed by atoms with van der Waals surface area (Å²) in [5.41, 5.74) is 4.73. The van der Waals surface area contributed by atoms with Crippen molar-refractivity contribution in [3.05, 3.63) is 59.7 Å². The molecule has 0 unspecified atom stereocenters. The number of hydrogen-bond acceptors (Lipinski definition) is 5. The highest BCUT2D eigenvalue weighted by atomic mass is 16.5. The summed E-state index contributed by atoms with van der Waals surface area (Å²) in [7, 11) is 0. The normalized spacial score (nSPS) is 10.6. The molecule has 2 amide bonds. The van der Waals surface area contributed by atoms with Crippen molar-refractivity contribution < 1.29 is 14.3 Å². The average molecular weight is 350 g/mol. The summed E-state index contributed by atoms with van der Waals surface area (Å²) in [6, 6.07) is 15.8. The lowest BCUT2D eigenvalue weighted by Gasteiger charge is -2.08. The van der Waals surface area contributed by atoms with E-state index in [1.54, 1.807) is 49.4 Å². The van der Waals surface area contributed by atoms with Crippen LogP contribution in [-0.4, -0.2) is 24.1 Å². The van der Waals surface area contributed by atoms with E-state index in [9.17, 15) is 9.59 Å². The first kappa shape index (κ1) is 18.7. The minimum Gasteiger partial charge on any atom is -0.482 e. The number of carbonyl (C=O) groups excluding carboxylic acids is 2. The van der Waals surface area contributed by atoms with Crippen molar-refractivity contribution in [3.8, 4) is 11.8 Å². The van der Waals surface area contributed by atoms with Gasteiger partial charge in [-0.3, -0.25) is 9.59 Å². The van der Waals surface area contributed by atoms with Gasteiger partial charge in [-0.1, -0.05) is 24.3 Å². The second-order valence-corrected chi connectivity index (χ2v) is 5.39. The minimum atomic E-state index is -0.449. The van der Waals surface area contributed by atoms with Gasteiger partial charge in [0.05, 0.1) is 11.3 Å². The lowest BCUT2D eigenvalue weighted by molar-refractivity contribution is -0.123. The molecule has 2 aromatic rings. The second kappa shape index (κ2) is 8.99. The molecule has 0 saturated carbocycles. The van der Waals surface area contributed by atoms with Crippen molar-refractivity contribution in [2.75, 3.05) is 11.9 Å². The Morgan fingerprint density at radius 3 is 2.65 bits per heavy atom. The van der Waals surface area contributed by atoms with E-state index >= 15 is 0 Å². The fraction of sp³-hybridized carbons (Fsp3) is 0.158. The molecule has 0 fully saturated rings. The first-order valence-electron chi connectivity index (χ1n) is 7.82. The molecule has 0 saturated heterocycles. The topological polar surface area (TPSA) is 104 Å². The number of nitrogens with one attached hydrogen (secondary N) is 2. The molecule has 0 aromatic heterocycles. The number of carbonyl (C=O) groups is 2. The maximum absolute atomic E-state index is 11.9. The standard InChI is InChI=1S/C19H18N4O3/c1-13(15-7-5-8-17(10-15)21-14(2)24)22-23-19(25)12-26-18-9-4-3-6-16(18)11-20/h3-10H,12H2,1-2H3,(H,21,24)(H,23,25)/b22-13+. The van der Waals surface area contributed by atoms with Gasteiger partial charge in [-0.2, -0.15) is 10.4 Å². The molecule has 0 bridgehead atoms. The zero-order chi connectivity index (χ0) is 18.9. The first-order valence-corrected chi connectivity index (χ1v) is 7.82. The quantitative estimate of drug-likeness (QED) is 0.617. The summed E-state index contributed by atoms with van der Waals surface area (Å²) in [5.74, 6) is -0.274. The van der Waals surface area contributed by atoms with Crippen molar-refractivity contribution in [3.63, 3.8) is 0 Å². The predicted molar refractivity (Wildman–Crippen MR) is 97.8 cm³/mol. The number of nitriles is 1. The maximum Gasteiger partial charge on any atom is 0.277 e. The van der Waals surface area contributed by atoms with Gasteiger partial charge in [0.25, 0.3) is 5.91 Å². The van der Waals surface area contributed by atoms with E-state index in [1.807, 2.05) is 12.1 Å². The Balaban J connectivity index is 1.95. The van der Waals surface area contributed by atoms with Crippen LogP contribution in [0, 0.1) is 11.3 Å². The van der Waals surface area contributed by atoms with Crippen LogP contribution in [0.3, 0.4) is 0 Å². The van der Waals surface area contributed by atoms with Gasteiger partial charge in [0, 0.05) is 12.6 Å². The molecule has 0 aliphatic heterocycles. The van der Waals surface area contributed by atoms with Gasteiger partial charge in [-0.15, -0.1) is 0 Å². The minimum absolute atomic E-state index is 0.167. The molecule has 0 aliphatic rings. The van der Waals surface area contributed by atoms with Gasteiger partial charge < -0.3 is 10.1 Å². The molecule has 0 heterocycles.